The second kappa shape index (κ2) is 5.76. The van der Waals surface area contributed by atoms with Crippen molar-refractivity contribution in [3.8, 4) is 0 Å². The highest BCUT2D eigenvalue weighted by molar-refractivity contribution is 7.99. The van der Waals surface area contributed by atoms with Gasteiger partial charge in [-0.2, -0.15) is 0 Å². The van der Waals surface area contributed by atoms with E-state index in [-0.39, 0.29) is 12.6 Å². The van der Waals surface area contributed by atoms with Crippen LogP contribution in [0.1, 0.15) is 25.3 Å². The Morgan fingerprint density at radius 2 is 2.22 bits per heavy atom. The summed E-state index contributed by atoms with van der Waals surface area (Å²) in [4.78, 5) is 14.3. The number of aliphatic carboxylic acids is 1. The molecule has 1 unspecified atom stereocenters. The molecule has 1 atom stereocenters. The van der Waals surface area contributed by atoms with Crippen molar-refractivity contribution < 1.29 is 9.90 Å². The maximum Gasteiger partial charge on any atom is 0.317 e. The average Bonchev–Trinajstić information content (AvgIpc) is 2.71. The summed E-state index contributed by atoms with van der Waals surface area (Å²) in [5.41, 5.74) is 1.37. The summed E-state index contributed by atoms with van der Waals surface area (Å²) in [6.45, 7) is 5.06. The number of carbonyl (C=O) groups is 1. The predicted octanol–water partition coefficient (Wildman–Crippen LogP) is 2.67. The molecule has 1 N–H and O–H groups in total. The van der Waals surface area contributed by atoms with Crippen LogP contribution in [0.15, 0.2) is 29.2 Å². The van der Waals surface area contributed by atoms with E-state index in [9.17, 15) is 4.79 Å². The van der Waals surface area contributed by atoms with Gasteiger partial charge in [0.15, 0.2) is 0 Å². The summed E-state index contributed by atoms with van der Waals surface area (Å²) in [5.74, 6) is 0.762. The molecule has 3 nitrogen and oxygen atoms in total. The van der Waals surface area contributed by atoms with Gasteiger partial charge in [0.2, 0.25) is 0 Å². The Kier molecular flexibility index (Phi) is 4.30. The zero-order valence-electron chi connectivity index (χ0n) is 10.8. The average molecular weight is 265 g/mol. The monoisotopic (exact) mass is 265 g/mol. The molecule has 0 aliphatic carbocycles. The smallest absolute Gasteiger partial charge is 0.317 e. The summed E-state index contributed by atoms with van der Waals surface area (Å²) in [6.07, 6.45) is 0. The molecule has 1 aromatic carbocycles. The van der Waals surface area contributed by atoms with Crippen molar-refractivity contribution in [3.05, 3.63) is 29.8 Å². The van der Waals surface area contributed by atoms with Crippen LogP contribution in [-0.4, -0.2) is 40.9 Å². The van der Waals surface area contributed by atoms with E-state index in [0.29, 0.717) is 5.92 Å². The van der Waals surface area contributed by atoms with E-state index in [0.717, 1.165) is 12.3 Å². The van der Waals surface area contributed by atoms with E-state index in [1.54, 1.807) is 0 Å². The van der Waals surface area contributed by atoms with Crippen LogP contribution in [0.4, 0.5) is 0 Å². The van der Waals surface area contributed by atoms with Crippen LogP contribution in [0.25, 0.3) is 0 Å². The largest absolute Gasteiger partial charge is 0.480 e. The van der Waals surface area contributed by atoms with Gasteiger partial charge in [0.25, 0.3) is 0 Å². The highest BCUT2D eigenvalue weighted by Gasteiger charge is 2.26. The molecule has 18 heavy (non-hydrogen) atoms. The van der Waals surface area contributed by atoms with Crippen LogP contribution >= 0.6 is 11.8 Å². The minimum atomic E-state index is -0.748. The molecule has 1 aromatic rings. The first-order valence-corrected chi connectivity index (χ1v) is 7.24. The van der Waals surface area contributed by atoms with E-state index >= 15 is 0 Å². The molecule has 4 heteroatoms. The van der Waals surface area contributed by atoms with Gasteiger partial charge < -0.3 is 5.11 Å². The van der Waals surface area contributed by atoms with Crippen LogP contribution in [0.3, 0.4) is 0 Å². The molecule has 2 rings (SSSR count). The molecule has 0 spiro atoms. The minimum absolute atomic E-state index is 0.126. The zero-order chi connectivity index (χ0) is 13.1. The summed E-state index contributed by atoms with van der Waals surface area (Å²) >= 11 is 1.87. The van der Waals surface area contributed by atoms with Gasteiger partial charge in [-0.1, -0.05) is 18.2 Å². The van der Waals surface area contributed by atoms with Crippen LogP contribution < -0.4 is 0 Å². The Morgan fingerprint density at radius 3 is 2.89 bits per heavy atom. The van der Waals surface area contributed by atoms with Gasteiger partial charge in [-0.15, -0.1) is 11.8 Å². The number of carboxylic acid groups (broad SMARTS) is 1. The highest BCUT2D eigenvalue weighted by Crippen LogP contribution is 2.39. The number of hydrogen-bond acceptors (Lipinski definition) is 3. The number of rotatable bonds is 5. The molecule has 98 valence electrons. The standard InChI is InChI=1S/C14H19NO2S/c1-10(2)15(8-14(16)17)7-11-9-18-13-6-4-3-5-12(11)13/h3-6,10-11H,7-9H2,1-2H3,(H,16,17). The van der Waals surface area contributed by atoms with Gasteiger partial charge in [0, 0.05) is 29.2 Å². The van der Waals surface area contributed by atoms with Gasteiger partial charge in [-0.05, 0) is 25.5 Å². The first kappa shape index (κ1) is 13.4. The molecule has 1 aliphatic heterocycles. The molecule has 0 saturated heterocycles. The van der Waals surface area contributed by atoms with Crippen molar-refractivity contribution in [2.75, 3.05) is 18.8 Å². The van der Waals surface area contributed by atoms with Gasteiger partial charge in [0.05, 0.1) is 6.54 Å². The van der Waals surface area contributed by atoms with Crippen LogP contribution in [0.5, 0.6) is 0 Å². The number of hydrogen-bond donors (Lipinski definition) is 1. The third-order valence-corrected chi connectivity index (χ3v) is 4.57. The predicted molar refractivity (Wildman–Crippen MR) is 74.3 cm³/mol. The Balaban J connectivity index is 2.07. The van der Waals surface area contributed by atoms with Crippen molar-refractivity contribution in [1.82, 2.24) is 4.90 Å². The second-order valence-electron chi connectivity index (χ2n) is 4.96. The fourth-order valence-electron chi connectivity index (χ4n) is 2.30. The fraction of sp³-hybridized carbons (Fsp3) is 0.500. The van der Waals surface area contributed by atoms with Gasteiger partial charge in [-0.25, -0.2) is 0 Å². The SMILES string of the molecule is CC(C)N(CC(=O)O)CC1CSc2ccccc21. The molecule has 0 bridgehead atoms. The quantitative estimate of drug-likeness (QED) is 0.888. The number of carboxylic acids is 1. The lowest BCUT2D eigenvalue weighted by Gasteiger charge is -2.27. The highest BCUT2D eigenvalue weighted by atomic mass is 32.2. The topological polar surface area (TPSA) is 40.5 Å². The number of fused-ring (bicyclic) bond motifs is 1. The third kappa shape index (κ3) is 3.06. The molecular weight excluding hydrogens is 246 g/mol. The molecule has 0 amide bonds. The Morgan fingerprint density at radius 1 is 1.50 bits per heavy atom. The summed E-state index contributed by atoms with van der Waals surface area (Å²) in [5, 5.41) is 8.96. The molecule has 0 fully saturated rings. The first-order valence-electron chi connectivity index (χ1n) is 6.25. The van der Waals surface area contributed by atoms with Gasteiger partial charge in [0.1, 0.15) is 0 Å². The van der Waals surface area contributed by atoms with E-state index in [1.807, 2.05) is 16.7 Å². The second-order valence-corrected chi connectivity index (χ2v) is 6.02. The summed E-state index contributed by atoms with van der Waals surface area (Å²) in [7, 11) is 0. The third-order valence-electron chi connectivity index (χ3n) is 3.32. The van der Waals surface area contributed by atoms with Crippen molar-refractivity contribution in [2.45, 2.75) is 30.7 Å². The van der Waals surface area contributed by atoms with Crippen LogP contribution in [0, 0.1) is 0 Å². The van der Waals surface area contributed by atoms with E-state index in [2.05, 4.69) is 38.1 Å². The maximum atomic E-state index is 10.9. The van der Waals surface area contributed by atoms with Gasteiger partial charge >= 0.3 is 5.97 Å². The van der Waals surface area contributed by atoms with Crippen molar-refractivity contribution in [1.29, 1.82) is 0 Å². The van der Waals surface area contributed by atoms with Crippen LogP contribution in [0.2, 0.25) is 0 Å². The van der Waals surface area contributed by atoms with E-state index in [1.165, 1.54) is 10.5 Å². The fourth-order valence-corrected chi connectivity index (χ4v) is 3.54. The van der Waals surface area contributed by atoms with Crippen molar-refractivity contribution in [2.24, 2.45) is 0 Å². The normalized spacial score (nSPS) is 18.3. The Hall–Kier alpha value is -1.00. The molecule has 0 aromatic heterocycles. The number of nitrogens with zero attached hydrogens (tertiary/aromatic N) is 1. The lowest BCUT2D eigenvalue weighted by molar-refractivity contribution is -0.138. The lowest BCUT2D eigenvalue weighted by Crippen LogP contribution is -2.38. The van der Waals surface area contributed by atoms with Crippen LogP contribution in [-0.2, 0) is 4.79 Å². The maximum absolute atomic E-state index is 10.9. The lowest BCUT2D eigenvalue weighted by atomic mass is 10.0. The van der Waals surface area contributed by atoms with Crippen molar-refractivity contribution >= 4 is 17.7 Å². The molecule has 1 aliphatic rings. The molecule has 0 radical (unpaired) electrons. The Bertz CT molecular complexity index is 434. The molecule has 1 heterocycles. The number of thioether (sulfide) groups is 1. The summed E-state index contributed by atoms with van der Waals surface area (Å²) in [6, 6.07) is 8.70. The zero-order valence-corrected chi connectivity index (χ0v) is 11.6. The summed E-state index contributed by atoms with van der Waals surface area (Å²) < 4.78 is 0. The van der Waals surface area contributed by atoms with Crippen molar-refractivity contribution in [3.63, 3.8) is 0 Å². The van der Waals surface area contributed by atoms with E-state index in [4.69, 9.17) is 5.11 Å². The first-order chi connectivity index (χ1) is 8.58. The Labute approximate surface area is 112 Å². The van der Waals surface area contributed by atoms with E-state index < -0.39 is 5.97 Å². The van der Waals surface area contributed by atoms with Gasteiger partial charge in [-0.3, -0.25) is 9.69 Å². The minimum Gasteiger partial charge on any atom is -0.480 e. The number of benzene rings is 1. The molecule has 0 saturated carbocycles. The molecular formula is C14H19NO2S.